The Morgan fingerprint density at radius 3 is 2.50 bits per heavy atom. The molecule has 0 saturated heterocycles. The van der Waals surface area contributed by atoms with Crippen molar-refractivity contribution in [3.05, 3.63) is 106 Å². The maximum atomic E-state index is 13.1. The van der Waals surface area contributed by atoms with Gasteiger partial charge in [0, 0.05) is 12.6 Å². The summed E-state index contributed by atoms with van der Waals surface area (Å²) in [4.78, 5) is 24.6. The van der Waals surface area contributed by atoms with E-state index in [0.29, 0.717) is 11.3 Å². The first-order chi connectivity index (χ1) is 14.5. The molecule has 0 aliphatic rings. The van der Waals surface area contributed by atoms with Crippen LogP contribution in [0.25, 0.3) is 16.5 Å². The van der Waals surface area contributed by atoms with Gasteiger partial charge in [0.15, 0.2) is 0 Å². The molecule has 6 nitrogen and oxygen atoms in total. The van der Waals surface area contributed by atoms with Crippen LogP contribution in [0.1, 0.15) is 22.2 Å². The van der Waals surface area contributed by atoms with Gasteiger partial charge in [0.25, 0.3) is 11.5 Å². The molecule has 0 fully saturated rings. The number of amides is 1. The summed E-state index contributed by atoms with van der Waals surface area (Å²) in [5.74, 6) is -0.978. The number of benzene rings is 3. The van der Waals surface area contributed by atoms with Crippen molar-refractivity contribution in [2.45, 2.75) is 6.10 Å². The van der Waals surface area contributed by atoms with E-state index in [4.69, 9.17) is 0 Å². The second-order valence-corrected chi connectivity index (χ2v) is 6.78. The molecule has 1 heterocycles. The topological polar surface area (TPSA) is 84.2 Å². The third kappa shape index (κ3) is 4.11. The SMILES string of the molecule is O=C(NC[C@@H](O)c1ccc2ccccc2c1)c1ccc(=O)n(-c2ccc(F)cc2)n1. The van der Waals surface area contributed by atoms with Gasteiger partial charge in [0.1, 0.15) is 11.5 Å². The minimum atomic E-state index is -0.901. The molecule has 30 heavy (non-hydrogen) atoms. The second-order valence-electron chi connectivity index (χ2n) is 6.78. The standard InChI is InChI=1S/C23H18FN3O3/c24-18-7-9-19(10-8-18)27-22(29)12-11-20(26-27)23(30)25-14-21(28)17-6-5-15-3-1-2-4-16(15)13-17/h1-13,21,28H,14H2,(H,25,30)/t21-/m1/s1. The molecule has 0 spiro atoms. The van der Waals surface area contributed by atoms with Crippen molar-refractivity contribution < 1.29 is 14.3 Å². The van der Waals surface area contributed by atoms with Gasteiger partial charge in [-0.15, -0.1) is 0 Å². The lowest BCUT2D eigenvalue weighted by Crippen LogP contribution is -2.31. The molecule has 0 bridgehead atoms. The Hall–Kier alpha value is -3.84. The lowest BCUT2D eigenvalue weighted by molar-refractivity contribution is 0.0909. The third-order valence-electron chi connectivity index (χ3n) is 4.72. The minimum Gasteiger partial charge on any atom is -0.387 e. The number of nitrogens with one attached hydrogen (secondary N) is 1. The van der Waals surface area contributed by atoms with Gasteiger partial charge in [-0.05, 0) is 52.7 Å². The first-order valence-corrected chi connectivity index (χ1v) is 9.32. The largest absolute Gasteiger partial charge is 0.387 e. The summed E-state index contributed by atoms with van der Waals surface area (Å²) >= 11 is 0. The van der Waals surface area contributed by atoms with Crippen LogP contribution in [-0.2, 0) is 0 Å². The molecule has 0 radical (unpaired) electrons. The number of hydrogen-bond acceptors (Lipinski definition) is 4. The Kier molecular flexibility index (Phi) is 5.36. The van der Waals surface area contributed by atoms with Crippen molar-refractivity contribution >= 4 is 16.7 Å². The smallest absolute Gasteiger partial charge is 0.271 e. The van der Waals surface area contributed by atoms with Crippen molar-refractivity contribution in [2.24, 2.45) is 0 Å². The Bertz CT molecular complexity index is 1270. The second kappa shape index (κ2) is 8.26. The van der Waals surface area contributed by atoms with E-state index in [1.54, 1.807) is 0 Å². The number of carbonyl (C=O) groups excluding carboxylic acids is 1. The fourth-order valence-electron chi connectivity index (χ4n) is 3.11. The van der Waals surface area contributed by atoms with Crippen molar-refractivity contribution in [3.8, 4) is 5.69 Å². The van der Waals surface area contributed by atoms with Crippen molar-refractivity contribution in [1.29, 1.82) is 0 Å². The van der Waals surface area contributed by atoms with E-state index in [0.717, 1.165) is 15.5 Å². The first kappa shape index (κ1) is 19.5. The van der Waals surface area contributed by atoms with Gasteiger partial charge in [0.05, 0.1) is 11.8 Å². The average molecular weight is 403 g/mol. The van der Waals surface area contributed by atoms with Gasteiger partial charge in [-0.2, -0.15) is 9.78 Å². The van der Waals surface area contributed by atoms with E-state index in [9.17, 15) is 19.1 Å². The van der Waals surface area contributed by atoms with Crippen molar-refractivity contribution in [1.82, 2.24) is 15.1 Å². The first-order valence-electron chi connectivity index (χ1n) is 9.32. The average Bonchev–Trinajstić information content (AvgIpc) is 2.78. The maximum Gasteiger partial charge on any atom is 0.271 e. The Morgan fingerprint density at radius 2 is 1.73 bits per heavy atom. The molecular weight excluding hydrogens is 385 g/mol. The summed E-state index contributed by atoms with van der Waals surface area (Å²) in [5, 5.41) is 19.2. The van der Waals surface area contributed by atoms with Crippen LogP contribution in [-0.4, -0.2) is 27.3 Å². The minimum absolute atomic E-state index is 0.00429. The highest BCUT2D eigenvalue weighted by atomic mass is 19.1. The number of hydrogen-bond donors (Lipinski definition) is 2. The molecule has 2 N–H and O–H groups in total. The van der Waals surface area contributed by atoms with E-state index < -0.39 is 23.4 Å². The summed E-state index contributed by atoms with van der Waals surface area (Å²) in [7, 11) is 0. The fraction of sp³-hybridized carbons (Fsp3) is 0.0870. The van der Waals surface area contributed by atoms with Gasteiger partial charge in [0.2, 0.25) is 0 Å². The number of carbonyl (C=O) groups is 1. The highest BCUT2D eigenvalue weighted by Crippen LogP contribution is 2.20. The lowest BCUT2D eigenvalue weighted by Gasteiger charge is -2.13. The molecule has 0 saturated carbocycles. The number of aromatic nitrogens is 2. The van der Waals surface area contributed by atoms with Crippen LogP contribution < -0.4 is 10.9 Å². The molecule has 1 amide bonds. The van der Waals surface area contributed by atoms with Crippen LogP contribution in [0.5, 0.6) is 0 Å². The molecule has 0 unspecified atom stereocenters. The van der Waals surface area contributed by atoms with Crippen LogP contribution in [0.3, 0.4) is 0 Å². The zero-order chi connectivity index (χ0) is 21.1. The number of aliphatic hydroxyl groups is 1. The summed E-state index contributed by atoms with van der Waals surface area (Å²) < 4.78 is 14.1. The number of rotatable bonds is 5. The molecule has 0 aliphatic heterocycles. The van der Waals surface area contributed by atoms with Crippen molar-refractivity contribution in [2.75, 3.05) is 6.54 Å². The molecule has 0 aliphatic carbocycles. The predicted molar refractivity (Wildman–Crippen MR) is 111 cm³/mol. The van der Waals surface area contributed by atoms with Gasteiger partial charge in [-0.1, -0.05) is 36.4 Å². The van der Waals surface area contributed by atoms with E-state index in [1.807, 2.05) is 42.5 Å². The molecular formula is C23H18FN3O3. The van der Waals surface area contributed by atoms with E-state index >= 15 is 0 Å². The molecule has 4 aromatic rings. The Balaban J connectivity index is 1.48. The highest BCUT2D eigenvalue weighted by molar-refractivity contribution is 5.92. The number of nitrogens with zero attached hydrogens (tertiary/aromatic N) is 2. The Morgan fingerprint density at radius 1 is 1.00 bits per heavy atom. The van der Waals surface area contributed by atoms with Crippen molar-refractivity contribution in [3.63, 3.8) is 0 Å². The van der Waals surface area contributed by atoms with Gasteiger partial charge in [-0.25, -0.2) is 4.39 Å². The van der Waals surface area contributed by atoms with Gasteiger partial charge < -0.3 is 10.4 Å². The number of fused-ring (bicyclic) bond motifs is 1. The van der Waals surface area contributed by atoms with Crippen LogP contribution in [0.4, 0.5) is 4.39 Å². The zero-order valence-corrected chi connectivity index (χ0v) is 15.8. The van der Waals surface area contributed by atoms with Crippen LogP contribution >= 0.6 is 0 Å². The summed E-state index contributed by atoms with van der Waals surface area (Å²) in [6.45, 7) is -0.0193. The summed E-state index contributed by atoms with van der Waals surface area (Å²) in [6, 6.07) is 21.1. The van der Waals surface area contributed by atoms with Gasteiger partial charge in [-0.3, -0.25) is 9.59 Å². The van der Waals surface area contributed by atoms with E-state index in [1.165, 1.54) is 36.4 Å². The summed E-state index contributed by atoms with van der Waals surface area (Å²) in [6.07, 6.45) is -0.901. The highest BCUT2D eigenvalue weighted by Gasteiger charge is 2.14. The monoisotopic (exact) mass is 403 g/mol. The van der Waals surface area contributed by atoms with Crippen LogP contribution in [0, 0.1) is 5.82 Å². The number of aliphatic hydroxyl groups excluding tert-OH is 1. The molecule has 150 valence electrons. The normalized spacial score (nSPS) is 11.9. The maximum absolute atomic E-state index is 13.1. The van der Waals surface area contributed by atoms with E-state index in [2.05, 4.69) is 10.4 Å². The van der Waals surface area contributed by atoms with E-state index in [-0.39, 0.29) is 12.2 Å². The molecule has 1 atom stereocenters. The molecule has 4 rings (SSSR count). The summed E-state index contributed by atoms with van der Waals surface area (Å²) in [5.41, 5.74) is 0.574. The predicted octanol–water partition coefficient (Wildman–Crippen LogP) is 2.99. The lowest BCUT2D eigenvalue weighted by atomic mass is 10.0. The zero-order valence-electron chi connectivity index (χ0n) is 15.8. The fourth-order valence-corrected chi connectivity index (χ4v) is 3.11. The van der Waals surface area contributed by atoms with Crippen LogP contribution in [0.15, 0.2) is 83.7 Å². The molecule has 3 aromatic carbocycles. The quantitative estimate of drug-likeness (QED) is 0.537. The Labute approximate surface area is 171 Å². The molecule has 1 aromatic heterocycles. The third-order valence-corrected chi connectivity index (χ3v) is 4.72. The molecule has 7 heteroatoms. The van der Waals surface area contributed by atoms with Gasteiger partial charge >= 0.3 is 0 Å². The number of halogens is 1. The van der Waals surface area contributed by atoms with Crippen LogP contribution in [0.2, 0.25) is 0 Å².